The molecule has 0 aromatic heterocycles. The van der Waals surface area contributed by atoms with Crippen molar-refractivity contribution < 1.29 is 14.8 Å². The number of nitrogens with zero attached hydrogens (tertiary/aromatic N) is 2. The fourth-order valence-electron chi connectivity index (χ4n) is 1.86. The second kappa shape index (κ2) is 7.58. The van der Waals surface area contributed by atoms with Crippen molar-refractivity contribution in [1.29, 1.82) is 0 Å². The van der Waals surface area contributed by atoms with Crippen LogP contribution in [0.2, 0.25) is 0 Å². The normalized spacial score (nSPS) is 11.8. The second-order valence-electron chi connectivity index (χ2n) is 4.88. The first-order chi connectivity index (χ1) is 9.86. The fraction of sp³-hybridized carbons (Fsp3) is 0.500. The summed E-state index contributed by atoms with van der Waals surface area (Å²) >= 11 is 0. The van der Waals surface area contributed by atoms with Crippen molar-refractivity contribution in [2.45, 2.75) is 26.4 Å². The van der Waals surface area contributed by atoms with Crippen LogP contribution in [-0.2, 0) is 0 Å². The molecule has 7 heteroatoms. The van der Waals surface area contributed by atoms with Crippen LogP contribution in [0.25, 0.3) is 0 Å². The number of nitrogens with one attached hydrogen (secondary N) is 1. The highest BCUT2D eigenvalue weighted by Gasteiger charge is 2.18. The molecule has 1 amide bonds. The Kier molecular flexibility index (Phi) is 6.10. The monoisotopic (exact) mass is 295 g/mol. The van der Waals surface area contributed by atoms with Gasteiger partial charge in [-0.1, -0.05) is 0 Å². The third-order valence-electron chi connectivity index (χ3n) is 3.04. The fourth-order valence-corrected chi connectivity index (χ4v) is 1.86. The number of amides is 1. The zero-order valence-electron chi connectivity index (χ0n) is 12.5. The van der Waals surface area contributed by atoms with Crippen molar-refractivity contribution in [3.63, 3.8) is 0 Å². The van der Waals surface area contributed by atoms with Gasteiger partial charge in [-0.15, -0.1) is 0 Å². The van der Waals surface area contributed by atoms with Gasteiger partial charge in [0, 0.05) is 31.8 Å². The zero-order valence-corrected chi connectivity index (χ0v) is 12.5. The molecule has 1 aromatic carbocycles. The van der Waals surface area contributed by atoms with Gasteiger partial charge < -0.3 is 15.3 Å². The maximum atomic E-state index is 12.2. The highest BCUT2D eigenvalue weighted by atomic mass is 16.6. The van der Waals surface area contributed by atoms with Gasteiger partial charge in [0.25, 0.3) is 11.6 Å². The minimum atomic E-state index is -0.483. The standard InChI is InChI=1S/C14H21N3O4/c1-4-15-12-9-11(5-6-13(12)17(20)21)14(19)16(3)8-7-10(2)18/h5-6,9-10,15,18H,4,7-8H2,1-3H3. The molecule has 0 radical (unpaired) electrons. The number of aliphatic hydroxyl groups excluding tert-OH is 1. The molecule has 0 aliphatic heterocycles. The van der Waals surface area contributed by atoms with E-state index in [0.29, 0.717) is 30.8 Å². The first-order valence-corrected chi connectivity index (χ1v) is 6.82. The summed E-state index contributed by atoms with van der Waals surface area (Å²) in [4.78, 5) is 24.2. The van der Waals surface area contributed by atoms with E-state index in [9.17, 15) is 20.0 Å². The summed E-state index contributed by atoms with van der Waals surface area (Å²) in [6.45, 7) is 4.43. The number of nitro benzene ring substituents is 1. The Labute approximate surface area is 123 Å². The molecule has 0 heterocycles. The predicted octanol–water partition coefficient (Wildman–Crippen LogP) is 1.87. The van der Waals surface area contributed by atoms with E-state index in [1.807, 2.05) is 6.92 Å². The van der Waals surface area contributed by atoms with Crippen LogP contribution in [0, 0.1) is 10.1 Å². The van der Waals surface area contributed by atoms with Crippen LogP contribution in [0.3, 0.4) is 0 Å². The first-order valence-electron chi connectivity index (χ1n) is 6.82. The minimum absolute atomic E-state index is 0.0555. The third kappa shape index (κ3) is 4.71. The van der Waals surface area contributed by atoms with Crippen molar-refractivity contribution in [3.05, 3.63) is 33.9 Å². The van der Waals surface area contributed by atoms with Crippen molar-refractivity contribution in [2.75, 3.05) is 25.5 Å². The van der Waals surface area contributed by atoms with Crippen molar-refractivity contribution in [2.24, 2.45) is 0 Å². The zero-order chi connectivity index (χ0) is 16.0. The summed E-state index contributed by atoms with van der Waals surface area (Å²) in [5.41, 5.74) is 0.655. The SMILES string of the molecule is CCNc1cc(C(=O)N(C)CCC(C)O)ccc1[N+](=O)[O-]. The molecule has 1 atom stereocenters. The molecule has 0 saturated carbocycles. The maximum absolute atomic E-state index is 12.2. The topological polar surface area (TPSA) is 95.7 Å². The summed E-state index contributed by atoms with van der Waals surface area (Å²) in [6, 6.07) is 4.26. The van der Waals surface area contributed by atoms with Gasteiger partial charge >= 0.3 is 0 Å². The highest BCUT2D eigenvalue weighted by molar-refractivity contribution is 5.95. The van der Waals surface area contributed by atoms with Crippen LogP contribution in [0.1, 0.15) is 30.6 Å². The lowest BCUT2D eigenvalue weighted by Gasteiger charge is -2.18. The van der Waals surface area contributed by atoms with Crippen molar-refractivity contribution in [1.82, 2.24) is 4.90 Å². The van der Waals surface area contributed by atoms with E-state index in [-0.39, 0.29) is 11.6 Å². The number of carbonyl (C=O) groups is 1. The van der Waals surface area contributed by atoms with E-state index in [1.54, 1.807) is 14.0 Å². The lowest BCUT2D eigenvalue weighted by Crippen LogP contribution is -2.29. The van der Waals surface area contributed by atoms with Gasteiger partial charge in [0.05, 0.1) is 11.0 Å². The average Bonchev–Trinajstić information content (AvgIpc) is 2.43. The third-order valence-corrected chi connectivity index (χ3v) is 3.04. The molecule has 0 spiro atoms. The molecule has 1 rings (SSSR count). The minimum Gasteiger partial charge on any atom is -0.393 e. The van der Waals surface area contributed by atoms with E-state index in [2.05, 4.69) is 5.32 Å². The van der Waals surface area contributed by atoms with Gasteiger partial charge in [-0.05, 0) is 32.4 Å². The average molecular weight is 295 g/mol. The Morgan fingerprint density at radius 3 is 2.71 bits per heavy atom. The molecule has 21 heavy (non-hydrogen) atoms. The number of nitro groups is 1. The summed E-state index contributed by atoms with van der Waals surface area (Å²) in [7, 11) is 1.64. The van der Waals surface area contributed by atoms with Crippen molar-refractivity contribution in [3.8, 4) is 0 Å². The van der Waals surface area contributed by atoms with E-state index in [4.69, 9.17) is 0 Å². The molecular weight excluding hydrogens is 274 g/mol. The van der Waals surface area contributed by atoms with Crippen LogP contribution in [0.5, 0.6) is 0 Å². The van der Waals surface area contributed by atoms with Crippen molar-refractivity contribution >= 4 is 17.3 Å². The van der Waals surface area contributed by atoms with Crippen LogP contribution in [0.4, 0.5) is 11.4 Å². The van der Waals surface area contributed by atoms with E-state index < -0.39 is 11.0 Å². The summed E-state index contributed by atoms with van der Waals surface area (Å²) in [6.07, 6.45) is 0.00406. The predicted molar refractivity (Wildman–Crippen MR) is 80.5 cm³/mol. The number of benzene rings is 1. The maximum Gasteiger partial charge on any atom is 0.292 e. The van der Waals surface area contributed by atoms with E-state index in [0.717, 1.165) is 0 Å². The molecule has 2 N–H and O–H groups in total. The van der Waals surface area contributed by atoms with E-state index in [1.165, 1.54) is 23.1 Å². The van der Waals surface area contributed by atoms with Gasteiger partial charge in [-0.25, -0.2) is 0 Å². The second-order valence-corrected chi connectivity index (χ2v) is 4.88. The Morgan fingerprint density at radius 1 is 1.52 bits per heavy atom. The van der Waals surface area contributed by atoms with Crippen LogP contribution in [-0.4, -0.2) is 47.1 Å². The van der Waals surface area contributed by atoms with Gasteiger partial charge in [-0.3, -0.25) is 14.9 Å². The molecular formula is C14H21N3O4. The lowest BCUT2D eigenvalue weighted by atomic mass is 10.1. The van der Waals surface area contributed by atoms with Crippen LogP contribution in [0.15, 0.2) is 18.2 Å². The molecule has 0 bridgehead atoms. The molecule has 7 nitrogen and oxygen atoms in total. The highest BCUT2D eigenvalue weighted by Crippen LogP contribution is 2.25. The smallest absolute Gasteiger partial charge is 0.292 e. The van der Waals surface area contributed by atoms with Crippen LogP contribution >= 0.6 is 0 Å². The Balaban J connectivity index is 2.94. The molecule has 0 fully saturated rings. The molecule has 0 aliphatic rings. The Hall–Kier alpha value is -2.15. The largest absolute Gasteiger partial charge is 0.393 e. The molecule has 1 unspecified atom stereocenters. The molecule has 1 aromatic rings. The molecule has 0 aliphatic carbocycles. The lowest BCUT2D eigenvalue weighted by molar-refractivity contribution is -0.384. The van der Waals surface area contributed by atoms with Crippen LogP contribution < -0.4 is 5.32 Å². The number of rotatable bonds is 7. The Morgan fingerprint density at radius 2 is 2.19 bits per heavy atom. The summed E-state index contributed by atoms with van der Waals surface area (Å²) < 4.78 is 0. The molecule has 0 saturated heterocycles. The number of hydrogen-bond acceptors (Lipinski definition) is 5. The van der Waals surface area contributed by atoms with Gasteiger partial charge in [0.2, 0.25) is 0 Å². The van der Waals surface area contributed by atoms with Gasteiger partial charge in [-0.2, -0.15) is 0 Å². The molecule has 116 valence electrons. The number of hydrogen-bond donors (Lipinski definition) is 2. The quantitative estimate of drug-likeness (QED) is 0.591. The first kappa shape index (κ1) is 16.9. The number of carbonyl (C=O) groups excluding carboxylic acids is 1. The summed E-state index contributed by atoms with van der Waals surface area (Å²) in [5.74, 6) is -0.232. The van der Waals surface area contributed by atoms with E-state index >= 15 is 0 Å². The number of anilines is 1. The summed E-state index contributed by atoms with van der Waals surface area (Å²) in [5, 5.41) is 23.1. The number of aliphatic hydroxyl groups is 1. The Bertz CT molecular complexity index is 517. The van der Waals surface area contributed by atoms with Gasteiger partial charge in [0.15, 0.2) is 0 Å². The van der Waals surface area contributed by atoms with Gasteiger partial charge in [0.1, 0.15) is 5.69 Å².